The summed E-state index contributed by atoms with van der Waals surface area (Å²) in [7, 11) is 2.02. The molecule has 2 aromatic rings. The quantitative estimate of drug-likeness (QED) is 0.560. The van der Waals surface area contributed by atoms with Gasteiger partial charge in [-0.1, -0.05) is 0 Å². The van der Waals surface area contributed by atoms with Crippen molar-refractivity contribution in [3.63, 3.8) is 0 Å². The van der Waals surface area contributed by atoms with Crippen LogP contribution < -0.4 is 0 Å². The van der Waals surface area contributed by atoms with Crippen molar-refractivity contribution in [1.29, 1.82) is 0 Å². The van der Waals surface area contributed by atoms with Crippen molar-refractivity contribution in [3.05, 3.63) is 24.5 Å². The predicted molar refractivity (Wildman–Crippen MR) is 99.8 cm³/mol. The average Bonchev–Trinajstić information content (AvgIpc) is 3.28. The van der Waals surface area contributed by atoms with Crippen molar-refractivity contribution in [1.82, 2.24) is 39.6 Å². The molecule has 1 fully saturated rings. The van der Waals surface area contributed by atoms with E-state index in [4.69, 9.17) is 19.8 Å². The van der Waals surface area contributed by atoms with Crippen molar-refractivity contribution in [2.45, 2.75) is 19.4 Å². The molecular weight excluding hydrogens is 384 g/mol. The largest absolute Gasteiger partial charge is 0.483 e. The molecule has 0 aromatic carbocycles. The zero-order chi connectivity index (χ0) is 21.5. The molecule has 2 N–H and O–H groups in total. The Balaban J connectivity index is 0.000000626. The van der Waals surface area contributed by atoms with Gasteiger partial charge in [-0.05, 0) is 23.4 Å². The lowest BCUT2D eigenvalue weighted by Gasteiger charge is -2.21. The first-order chi connectivity index (χ1) is 14.0. The van der Waals surface area contributed by atoms with Crippen LogP contribution in [0.15, 0.2) is 18.7 Å². The number of hydrogen-bond acceptors (Lipinski definition) is 8. The van der Waals surface area contributed by atoms with E-state index in [1.54, 1.807) is 0 Å². The van der Waals surface area contributed by atoms with Crippen molar-refractivity contribution < 1.29 is 24.6 Å². The highest BCUT2D eigenvalue weighted by Crippen LogP contribution is 2.06. The monoisotopic (exact) mass is 410 g/mol. The highest BCUT2D eigenvalue weighted by molar-refractivity contribution is 5.75. The summed E-state index contributed by atoms with van der Waals surface area (Å²) in [5.74, 6) is 1.17. The maximum absolute atomic E-state index is 12.3. The summed E-state index contributed by atoms with van der Waals surface area (Å²) in [5.41, 5.74) is 0. The molecule has 0 aliphatic carbocycles. The summed E-state index contributed by atoms with van der Waals surface area (Å²) in [6.07, 6.45) is 7.19. The number of hydrogen-bond donors (Lipinski definition) is 2. The second-order valence-electron chi connectivity index (χ2n) is 6.00. The van der Waals surface area contributed by atoms with E-state index in [0.717, 1.165) is 51.4 Å². The van der Waals surface area contributed by atoms with E-state index in [1.165, 1.54) is 11.0 Å². The van der Waals surface area contributed by atoms with Crippen molar-refractivity contribution in [2.75, 3.05) is 32.7 Å². The van der Waals surface area contributed by atoms with Crippen molar-refractivity contribution >= 4 is 18.9 Å². The van der Waals surface area contributed by atoms with Crippen molar-refractivity contribution in [2.24, 2.45) is 7.05 Å². The SMILES string of the molecule is Cn1ccnc1CCN1CCCN(C(=O)Cn2cnnn2)CC1.O=CO.O=CO. The second-order valence-corrected chi connectivity index (χ2v) is 6.00. The van der Waals surface area contributed by atoms with Gasteiger partial charge in [-0.25, -0.2) is 9.67 Å². The number of imidazole rings is 1. The highest BCUT2D eigenvalue weighted by atomic mass is 16.3. The second kappa shape index (κ2) is 13.8. The van der Waals surface area contributed by atoms with Gasteiger partial charge in [0.2, 0.25) is 5.91 Å². The molecule has 1 aliphatic rings. The van der Waals surface area contributed by atoms with Gasteiger partial charge in [0.15, 0.2) is 0 Å². The first-order valence-corrected chi connectivity index (χ1v) is 8.88. The average molecular weight is 410 g/mol. The van der Waals surface area contributed by atoms with E-state index in [9.17, 15) is 4.79 Å². The molecular formula is C16H26N8O5. The molecule has 1 saturated heterocycles. The van der Waals surface area contributed by atoms with Gasteiger partial charge < -0.3 is 24.6 Å². The zero-order valence-electron chi connectivity index (χ0n) is 16.2. The number of carbonyl (C=O) groups excluding carboxylic acids is 1. The van der Waals surface area contributed by atoms with Gasteiger partial charge in [-0.3, -0.25) is 14.4 Å². The topological polar surface area (TPSA) is 160 Å². The lowest BCUT2D eigenvalue weighted by molar-refractivity contribution is -0.132. The fraction of sp³-hybridized carbons (Fsp3) is 0.562. The normalized spacial score (nSPS) is 13.9. The molecule has 13 nitrogen and oxygen atoms in total. The van der Waals surface area contributed by atoms with E-state index in [0.29, 0.717) is 0 Å². The molecule has 1 aliphatic heterocycles. The van der Waals surface area contributed by atoms with E-state index < -0.39 is 0 Å². The Kier molecular flexibility index (Phi) is 11.2. The Hall–Kier alpha value is -3.35. The fourth-order valence-electron chi connectivity index (χ4n) is 2.83. The van der Waals surface area contributed by atoms with Crippen LogP contribution in [0.2, 0.25) is 0 Å². The fourth-order valence-corrected chi connectivity index (χ4v) is 2.83. The minimum Gasteiger partial charge on any atom is -0.483 e. The number of aryl methyl sites for hydroxylation is 1. The summed E-state index contributed by atoms with van der Waals surface area (Å²) >= 11 is 0. The predicted octanol–water partition coefficient (Wildman–Crippen LogP) is -1.41. The maximum atomic E-state index is 12.3. The summed E-state index contributed by atoms with van der Waals surface area (Å²) in [6, 6.07) is 0. The van der Waals surface area contributed by atoms with Gasteiger partial charge in [0.05, 0.1) is 0 Å². The van der Waals surface area contributed by atoms with E-state index >= 15 is 0 Å². The minimum absolute atomic E-state index is 0.0725. The molecule has 160 valence electrons. The Morgan fingerprint density at radius 2 is 1.90 bits per heavy atom. The zero-order valence-corrected chi connectivity index (χ0v) is 16.2. The molecule has 0 unspecified atom stereocenters. The van der Waals surface area contributed by atoms with Crippen molar-refractivity contribution in [3.8, 4) is 0 Å². The Morgan fingerprint density at radius 3 is 2.48 bits per heavy atom. The molecule has 13 heteroatoms. The smallest absolute Gasteiger partial charge is 0.290 e. The molecule has 29 heavy (non-hydrogen) atoms. The number of tetrazole rings is 1. The van der Waals surface area contributed by atoms with Crippen LogP contribution in [0, 0.1) is 0 Å². The number of rotatable bonds is 5. The summed E-state index contributed by atoms with van der Waals surface area (Å²) in [5, 5.41) is 24.6. The summed E-state index contributed by atoms with van der Waals surface area (Å²) in [6.45, 7) is 4.13. The maximum Gasteiger partial charge on any atom is 0.290 e. The molecule has 0 atom stereocenters. The molecule has 3 heterocycles. The molecule has 0 spiro atoms. The van der Waals surface area contributed by atoms with Gasteiger partial charge in [0.1, 0.15) is 18.7 Å². The van der Waals surface area contributed by atoms with E-state index in [-0.39, 0.29) is 25.4 Å². The van der Waals surface area contributed by atoms with Gasteiger partial charge >= 0.3 is 0 Å². The van der Waals surface area contributed by atoms with Crippen LogP contribution in [-0.2, 0) is 34.4 Å². The van der Waals surface area contributed by atoms with Crippen LogP contribution in [0.4, 0.5) is 0 Å². The third kappa shape index (κ3) is 8.92. The van der Waals surface area contributed by atoms with Gasteiger partial charge in [0, 0.05) is 52.0 Å². The third-order valence-electron chi connectivity index (χ3n) is 4.20. The van der Waals surface area contributed by atoms with E-state index in [2.05, 4.69) is 30.0 Å². The molecule has 0 radical (unpaired) electrons. The lowest BCUT2D eigenvalue weighted by atomic mass is 10.3. The highest BCUT2D eigenvalue weighted by Gasteiger charge is 2.19. The number of carbonyl (C=O) groups is 3. The molecule has 0 bridgehead atoms. The van der Waals surface area contributed by atoms with Crippen LogP contribution in [0.1, 0.15) is 12.2 Å². The Labute approximate surface area is 167 Å². The molecule has 3 rings (SSSR count). The number of aromatic nitrogens is 6. The van der Waals surface area contributed by atoms with E-state index in [1.807, 2.05) is 24.3 Å². The molecule has 1 amide bonds. The van der Waals surface area contributed by atoms with Crippen LogP contribution in [-0.4, -0.2) is 101 Å². The first kappa shape index (κ1) is 23.7. The number of nitrogens with zero attached hydrogens (tertiary/aromatic N) is 8. The van der Waals surface area contributed by atoms with Gasteiger partial charge in [0.25, 0.3) is 12.9 Å². The summed E-state index contributed by atoms with van der Waals surface area (Å²) in [4.78, 5) is 37.7. The minimum atomic E-state index is -0.250. The first-order valence-electron chi connectivity index (χ1n) is 8.88. The van der Waals surface area contributed by atoms with Crippen LogP contribution in [0.5, 0.6) is 0 Å². The molecule has 2 aromatic heterocycles. The van der Waals surface area contributed by atoms with Crippen LogP contribution >= 0.6 is 0 Å². The molecule has 0 saturated carbocycles. The standard InChI is InChI=1S/C14H22N8O.2CH2O2/c1-19-8-4-15-13(19)3-7-20-5-2-6-21(10-9-20)14(23)11-22-12-16-17-18-22;2*2-1-3/h4,8,12H,2-3,5-7,9-11H2,1H3;2*1H,(H,2,3). The third-order valence-corrected chi connectivity index (χ3v) is 4.20. The Bertz CT molecular complexity index is 715. The van der Waals surface area contributed by atoms with Gasteiger partial charge in [-0.15, -0.1) is 5.10 Å². The summed E-state index contributed by atoms with van der Waals surface area (Å²) < 4.78 is 3.52. The van der Waals surface area contributed by atoms with Crippen LogP contribution in [0.25, 0.3) is 0 Å². The van der Waals surface area contributed by atoms with Gasteiger partial charge in [-0.2, -0.15) is 0 Å². The number of carboxylic acid groups (broad SMARTS) is 2. The Morgan fingerprint density at radius 1 is 1.17 bits per heavy atom. The van der Waals surface area contributed by atoms with Crippen LogP contribution in [0.3, 0.4) is 0 Å². The number of amides is 1. The lowest BCUT2D eigenvalue weighted by Crippen LogP contribution is -2.37.